The molecule has 0 saturated carbocycles. The van der Waals surface area contributed by atoms with E-state index in [1.54, 1.807) is 0 Å². The zero-order chi connectivity index (χ0) is 13.1. The summed E-state index contributed by atoms with van der Waals surface area (Å²) in [6.07, 6.45) is -0.499. The lowest BCUT2D eigenvalue weighted by Gasteiger charge is -2.26. The molecule has 0 aliphatic carbocycles. The first-order valence-corrected chi connectivity index (χ1v) is 6.51. The number of hydrogen-bond donors (Lipinski definition) is 2. The molecule has 0 aromatic heterocycles. The highest BCUT2D eigenvalue weighted by atomic mass is 16.3. The molecule has 0 radical (unpaired) electrons. The second-order valence-corrected chi connectivity index (χ2v) is 5.16. The third-order valence-corrected chi connectivity index (χ3v) is 3.68. The van der Waals surface area contributed by atoms with Crippen molar-refractivity contribution in [2.45, 2.75) is 20.0 Å². The zero-order valence-electron chi connectivity index (χ0n) is 11.0. The van der Waals surface area contributed by atoms with E-state index in [4.69, 9.17) is 5.73 Å². The Morgan fingerprint density at radius 1 is 1.06 bits per heavy atom. The van der Waals surface area contributed by atoms with Crippen LogP contribution in [-0.2, 0) is 0 Å². The average molecular weight is 243 g/mol. The minimum absolute atomic E-state index is 0.0933. The summed E-state index contributed by atoms with van der Waals surface area (Å²) in [7, 11) is 0. The van der Waals surface area contributed by atoms with Gasteiger partial charge in [-0.15, -0.1) is 0 Å². The normalized spacial score (nSPS) is 14.9. The number of rotatable bonds is 4. The first-order valence-electron chi connectivity index (χ1n) is 6.51. The van der Waals surface area contributed by atoms with Crippen LogP contribution in [0.3, 0.4) is 0 Å². The zero-order valence-corrected chi connectivity index (χ0v) is 11.0. The van der Waals surface area contributed by atoms with E-state index in [0.29, 0.717) is 12.5 Å². The van der Waals surface area contributed by atoms with Gasteiger partial charge < -0.3 is 10.8 Å². The van der Waals surface area contributed by atoms with Crippen LogP contribution in [0.15, 0.2) is 42.5 Å². The maximum absolute atomic E-state index is 10.6. The standard InChI is InChI=1S/C16H21NO/c1-11(2)15(10-17)16(18)14-9-5-7-12-6-3-4-8-13(12)14/h3-9,11,15-16,18H,10,17H2,1-2H3. The fourth-order valence-electron chi connectivity index (χ4n) is 2.50. The monoisotopic (exact) mass is 243 g/mol. The number of nitrogens with two attached hydrogens (primary N) is 1. The molecule has 2 aromatic carbocycles. The summed E-state index contributed by atoms with van der Waals surface area (Å²) in [4.78, 5) is 0. The van der Waals surface area contributed by atoms with Gasteiger partial charge >= 0.3 is 0 Å². The molecule has 3 N–H and O–H groups in total. The fourth-order valence-corrected chi connectivity index (χ4v) is 2.50. The third kappa shape index (κ3) is 2.40. The molecule has 0 fully saturated rings. The van der Waals surface area contributed by atoms with E-state index >= 15 is 0 Å². The lowest BCUT2D eigenvalue weighted by atomic mass is 9.85. The Morgan fingerprint density at radius 3 is 2.39 bits per heavy atom. The third-order valence-electron chi connectivity index (χ3n) is 3.68. The van der Waals surface area contributed by atoms with Crippen molar-refractivity contribution in [2.75, 3.05) is 6.54 Å². The van der Waals surface area contributed by atoms with Crippen molar-refractivity contribution in [2.24, 2.45) is 17.6 Å². The van der Waals surface area contributed by atoms with E-state index < -0.39 is 6.10 Å². The second kappa shape index (κ2) is 5.51. The second-order valence-electron chi connectivity index (χ2n) is 5.16. The molecule has 0 aliphatic heterocycles. The van der Waals surface area contributed by atoms with Gasteiger partial charge in [0.15, 0.2) is 0 Å². The van der Waals surface area contributed by atoms with Gasteiger partial charge in [-0.2, -0.15) is 0 Å². The van der Waals surface area contributed by atoms with Gasteiger partial charge in [0, 0.05) is 5.92 Å². The van der Waals surface area contributed by atoms with Crippen LogP contribution >= 0.6 is 0 Å². The van der Waals surface area contributed by atoms with Gasteiger partial charge in [0.05, 0.1) is 6.10 Å². The van der Waals surface area contributed by atoms with Crippen molar-refractivity contribution >= 4 is 10.8 Å². The highest BCUT2D eigenvalue weighted by Crippen LogP contribution is 2.31. The molecule has 2 atom stereocenters. The van der Waals surface area contributed by atoms with Crippen LogP contribution in [0.5, 0.6) is 0 Å². The summed E-state index contributed by atoms with van der Waals surface area (Å²) in [5, 5.41) is 12.8. The van der Waals surface area contributed by atoms with Crippen LogP contribution in [-0.4, -0.2) is 11.7 Å². The first kappa shape index (κ1) is 13.1. The van der Waals surface area contributed by atoms with Gasteiger partial charge in [0.2, 0.25) is 0 Å². The van der Waals surface area contributed by atoms with Crippen molar-refractivity contribution in [1.29, 1.82) is 0 Å². The van der Waals surface area contributed by atoms with Crippen LogP contribution in [0.4, 0.5) is 0 Å². The molecule has 0 spiro atoms. The lowest BCUT2D eigenvalue weighted by molar-refractivity contribution is 0.0874. The average Bonchev–Trinajstić information content (AvgIpc) is 2.38. The molecule has 0 saturated heterocycles. The van der Waals surface area contributed by atoms with Gasteiger partial charge in [-0.1, -0.05) is 56.3 Å². The molecule has 0 heterocycles. The van der Waals surface area contributed by atoms with E-state index in [0.717, 1.165) is 16.3 Å². The number of aliphatic hydroxyl groups excluding tert-OH is 1. The Kier molecular flexibility index (Phi) is 4.00. The summed E-state index contributed by atoms with van der Waals surface area (Å²) >= 11 is 0. The van der Waals surface area contributed by atoms with Crippen LogP contribution < -0.4 is 5.73 Å². The molecule has 2 unspecified atom stereocenters. The molecule has 18 heavy (non-hydrogen) atoms. The number of benzene rings is 2. The van der Waals surface area contributed by atoms with Crippen molar-refractivity contribution in [3.8, 4) is 0 Å². The molecule has 2 nitrogen and oxygen atoms in total. The molecule has 0 aliphatic rings. The summed E-state index contributed by atoms with van der Waals surface area (Å²) < 4.78 is 0. The minimum Gasteiger partial charge on any atom is -0.388 e. The van der Waals surface area contributed by atoms with E-state index in [2.05, 4.69) is 32.0 Å². The van der Waals surface area contributed by atoms with Gasteiger partial charge in [0.25, 0.3) is 0 Å². The Bertz CT molecular complexity index is 516. The van der Waals surface area contributed by atoms with Crippen molar-refractivity contribution in [3.63, 3.8) is 0 Å². The van der Waals surface area contributed by atoms with E-state index in [1.807, 2.05) is 24.3 Å². The predicted octanol–water partition coefficient (Wildman–Crippen LogP) is 3.10. The number of aliphatic hydroxyl groups is 1. The molecule has 2 aromatic rings. The smallest absolute Gasteiger partial charge is 0.0838 e. The highest BCUT2D eigenvalue weighted by Gasteiger charge is 2.23. The predicted molar refractivity (Wildman–Crippen MR) is 76.3 cm³/mol. The Labute approximate surface area is 108 Å². The number of fused-ring (bicyclic) bond motifs is 1. The van der Waals surface area contributed by atoms with Crippen molar-refractivity contribution in [1.82, 2.24) is 0 Å². The van der Waals surface area contributed by atoms with Gasteiger partial charge in [-0.25, -0.2) is 0 Å². The highest BCUT2D eigenvalue weighted by molar-refractivity contribution is 5.86. The van der Waals surface area contributed by atoms with E-state index in [1.165, 1.54) is 0 Å². The van der Waals surface area contributed by atoms with Gasteiger partial charge in [-0.3, -0.25) is 0 Å². The fraction of sp³-hybridized carbons (Fsp3) is 0.375. The van der Waals surface area contributed by atoms with Crippen LogP contribution in [0.1, 0.15) is 25.5 Å². The Morgan fingerprint density at radius 2 is 1.72 bits per heavy atom. The summed E-state index contributed by atoms with van der Waals surface area (Å²) in [5.74, 6) is 0.458. The van der Waals surface area contributed by atoms with E-state index in [-0.39, 0.29) is 5.92 Å². The quantitative estimate of drug-likeness (QED) is 0.866. The molecule has 2 rings (SSSR count). The Hall–Kier alpha value is -1.38. The summed E-state index contributed by atoms with van der Waals surface area (Å²) in [6.45, 7) is 4.71. The maximum atomic E-state index is 10.6. The lowest BCUT2D eigenvalue weighted by Crippen LogP contribution is -2.26. The van der Waals surface area contributed by atoms with Gasteiger partial charge in [0.1, 0.15) is 0 Å². The topological polar surface area (TPSA) is 46.2 Å². The first-order chi connectivity index (χ1) is 8.65. The van der Waals surface area contributed by atoms with Crippen LogP contribution in [0.2, 0.25) is 0 Å². The molecule has 96 valence electrons. The van der Waals surface area contributed by atoms with Crippen molar-refractivity contribution in [3.05, 3.63) is 48.0 Å². The summed E-state index contributed by atoms with van der Waals surface area (Å²) in [6, 6.07) is 14.2. The van der Waals surface area contributed by atoms with Gasteiger partial charge in [-0.05, 0) is 28.8 Å². The maximum Gasteiger partial charge on any atom is 0.0838 e. The van der Waals surface area contributed by atoms with Crippen LogP contribution in [0, 0.1) is 11.8 Å². The van der Waals surface area contributed by atoms with Crippen LogP contribution in [0.25, 0.3) is 10.8 Å². The SMILES string of the molecule is CC(C)C(CN)C(O)c1cccc2ccccc12. The number of hydrogen-bond acceptors (Lipinski definition) is 2. The molecule has 2 heteroatoms. The molecule has 0 bridgehead atoms. The Balaban J connectivity index is 2.47. The molecular formula is C16H21NO. The summed E-state index contributed by atoms with van der Waals surface area (Å²) in [5.41, 5.74) is 6.78. The molecular weight excluding hydrogens is 222 g/mol. The minimum atomic E-state index is -0.499. The van der Waals surface area contributed by atoms with Crippen molar-refractivity contribution < 1.29 is 5.11 Å². The molecule has 0 amide bonds. The largest absolute Gasteiger partial charge is 0.388 e. The van der Waals surface area contributed by atoms with E-state index in [9.17, 15) is 5.11 Å².